The van der Waals surface area contributed by atoms with Gasteiger partial charge in [0.1, 0.15) is 11.7 Å². The highest BCUT2D eigenvalue weighted by atomic mass is 15.1. The highest BCUT2D eigenvalue weighted by Crippen LogP contribution is 2.03. The van der Waals surface area contributed by atoms with Crippen LogP contribution in [-0.4, -0.2) is 50.8 Å². The van der Waals surface area contributed by atoms with Gasteiger partial charge in [-0.3, -0.25) is 10.4 Å². The van der Waals surface area contributed by atoms with Gasteiger partial charge in [-0.05, 0) is 56.5 Å². The quantitative estimate of drug-likeness (QED) is 0.208. The lowest BCUT2D eigenvalue weighted by Crippen LogP contribution is -2.38. The van der Waals surface area contributed by atoms with E-state index in [1.54, 1.807) is 31.3 Å². The molecule has 2 rings (SSSR count). The van der Waals surface area contributed by atoms with Gasteiger partial charge in [0.15, 0.2) is 0 Å². The Hall–Kier alpha value is -3.32. The molecule has 0 unspecified atom stereocenters. The Bertz CT molecular complexity index is 915. The fraction of sp³-hybridized carbons (Fsp3) is 0.273. The summed E-state index contributed by atoms with van der Waals surface area (Å²) in [6.07, 6.45) is 1.05. The lowest BCUT2D eigenvalue weighted by Gasteiger charge is -2.12. The Morgan fingerprint density at radius 1 is 1.10 bits per heavy atom. The van der Waals surface area contributed by atoms with Gasteiger partial charge in [-0.1, -0.05) is 30.8 Å². The monoisotopic (exact) mass is 395 g/mol. The van der Waals surface area contributed by atoms with Crippen LogP contribution in [0, 0.1) is 5.41 Å². The number of nitrogen functional groups attached to an aromatic ring is 2. The molecule has 0 heterocycles. The highest BCUT2D eigenvalue weighted by molar-refractivity contribution is 6.15. The van der Waals surface area contributed by atoms with E-state index in [1.165, 1.54) is 0 Å². The second-order valence-corrected chi connectivity index (χ2v) is 6.76. The van der Waals surface area contributed by atoms with Gasteiger partial charge in [0.05, 0.1) is 5.70 Å². The van der Waals surface area contributed by atoms with Crippen LogP contribution in [0.25, 0.3) is 12.3 Å². The van der Waals surface area contributed by atoms with Gasteiger partial charge in [0, 0.05) is 30.1 Å². The Morgan fingerprint density at radius 3 is 2.24 bits per heavy atom. The zero-order valence-electron chi connectivity index (χ0n) is 17.6. The van der Waals surface area contributed by atoms with Crippen LogP contribution >= 0.6 is 0 Å². The first-order valence-electron chi connectivity index (χ1n) is 9.35. The summed E-state index contributed by atoms with van der Waals surface area (Å²) in [5, 5.41) is 12.2. The topological polar surface area (TPSA) is 130 Å². The van der Waals surface area contributed by atoms with Crippen LogP contribution in [-0.2, 0) is 0 Å². The van der Waals surface area contributed by atoms with Crippen LogP contribution in [0.4, 0.5) is 5.69 Å². The minimum atomic E-state index is 0.0694. The Morgan fingerprint density at radius 2 is 1.72 bits per heavy atom. The Kier molecular flexibility index (Phi) is 9.98. The zero-order valence-corrected chi connectivity index (χ0v) is 17.6. The number of benzene rings is 2. The van der Waals surface area contributed by atoms with Crippen molar-refractivity contribution in [2.24, 2.45) is 16.5 Å². The number of hydrogen-bond donors (Lipinski definition) is 5. The number of rotatable bonds is 6. The first-order chi connectivity index (χ1) is 13.8. The third-order valence-electron chi connectivity index (χ3n) is 4.08. The molecular formula is C22H33N7. The summed E-state index contributed by atoms with van der Waals surface area (Å²) in [5.74, 6) is 0.801. The summed E-state index contributed by atoms with van der Waals surface area (Å²) in [6.45, 7) is 5.88. The van der Waals surface area contributed by atoms with Crippen molar-refractivity contribution in [3.05, 3.63) is 64.5 Å². The Balaban J connectivity index is 0.000000352. The summed E-state index contributed by atoms with van der Waals surface area (Å²) >= 11 is 0. The van der Waals surface area contributed by atoms with Crippen molar-refractivity contribution in [3.8, 4) is 0 Å². The normalized spacial score (nSPS) is 12.1. The number of nitrogens with one attached hydrogen (secondary N) is 2. The van der Waals surface area contributed by atoms with Gasteiger partial charge in [-0.15, -0.1) is 0 Å². The van der Waals surface area contributed by atoms with Gasteiger partial charge in [0.25, 0.3) is 0 Å². The SMILES string of the molecule is C=c1cccc/c1=C(\N)C(=NC)NCCCN(C)C.N=C(N)c1ccc(N)cc1. The summed E-state index contributed by atoms with van der Waals surface area (Å²) in [6, 6.07) is 14.7. The summed E-state index contributed by atoms with van der Waals surface area (Å²) in [4.78, 5) is 6.38. The minimum Gasteiger partial charge on any atom is -0.399 e. The summed E-state index contributed by atoms with van der Waals surface area (Å²) < 4.78 is 0. The van der Waals surface area contributed by atoms with Crippen LogP contribution in [0.5, 0.6) is 0 Å². The third-order valence-corrected chi connectivity index (χ3v) is 4.08. The van der Waals surface area contributed by atoms with E-state index in [2.05, 4.69) is 35.9 Å². The third kappa shape index (κ3) is 8.49. The second-order valence-electron chi connectivity index (χ2n) is 6.76. The van der Waals surface area contributed by atoms with Gasteiger partial charge < -0.3 is 27.4 Å². The molecule has 7 heteroatoms. The largest absolute Gasteiger partial charge is 0.399 e. The maximum absolute atomic E-state index is 7.04. The van der Waals surface area contributed by atoms with Crippen LogP contribution in [0.3, 0.4) is 0 Å². The van der Waals surface area contributed by atoms with E-state index in [9.17, 15) is 0 Å². The van der Waals surface area contributed by atoms with E-state index in [-0.39, 0.29) is 5.84 Å². The van der Waals surface area contributed by atoms with E-state index in [0.717, 1.165) is 35.8 Å². The molecule has 0 amide bonds. The molecule has 2 aromatic rings. The summed E-state index contributed by atoms with van der Waals surface area (Å²) in [7, 11) is 5.87. The number of nitrogens with two attached hydrogens (primary N) is 3. The number of hydrogen-bond acceptors (Lipinski definition) is 5. The number of anilines is 1. The molecule has 0 aliphatic heterocycles. The first-order valence-corrected chi connectivity index (χ1v) is 9.35. The molecule has 0 bridgehead atoms. The standard InChI is InChI=1S/C15H24N4.C7H9N3/c1-12-8-5-6-9-13(12)14(16)15(17-2)18-10-7-11-19(3)4;8-6-3-1-5(2-4-6)7(9)10/h5-6,8-9H,1,7,10-11,16H2,2-4H3,(H,17,18);1-4H,8H2,(H3,9,10)/b14-13+;. The van der Waals surface area contributed by atoms with Crippen LogP contribution < -0.4 is 33.0 Å². The van der Waals surface area contributed by atoms with E-state index in [4.69, 9.17) is 22.6 Å². The molecule has 0 radical (unpaired) electrons. The van der Waals surface area contributed by atoms with Gasteiger partial charge in [-0.25, -0.2) is 0 Å². The number of amidine groups is 2. The predicted molar refractivity (Wildman–Crippen MR) is 125 cm³/mol. The van der Waals surface area contributed by atoms with Gasteiger partial charge in [-0.2, -0.15) is 0 Å². The van der Waals surface area contributed by atoms with E-state index in [1.807, 2.05) is 24.3 Å². The molecule has 0 atom stereocenters. The van der Waals surface area contributed by atoms with Gasteiger partial charge >= 0.3 is 0 Å². The number of aliphatic imine (C=N–C) groups is 1. The van der Waals surface area contributed by atoms with Crippen molar-refractivity contribution in [3.63, 3.8) is 0 Å². The lowest BCUT2D eigenvalue weighted by molar-refractivity contribution is 0.400. The van der Waals surface area contributed by atoms with Gasteiger partial charge in [0.2, 0.25) is 0 Å². The van der Waals surface area contributed by atoms with E-state index in [0.29, 0.717) is 16.9 Å². The van der Waals surface area contributed by atoms with E-state index < -0.39 is 0 Å². The average molecular weight is 396 g/mol. The predicted octanol–water partition coefficient (Wildman–Crippen LogP) is 0.286. The molecule has 8 N–H and O–H groups in total. The van der Waals surface area contributed by atoms with Crippen molar-refractivity contribution in [2.45, 2.75) is 6.42 Å². The molecule has 29 heavy (non-hydrogen) atoms. The van der Waals surface area contributed by atoms with Crippen LogP contribution in [0.1, 0.15) is 12.0 Å². The lowest BCUT2D eigenvalue weighted by atomic mass is 10.2. The van der Waals surface area contributed by atoms with E-state index >= 15 is 0 Å². The maximum Gasteiger partial charge on any atom is 0.144 e. The molecule has 0 saturated carbocycles. The van der Waals surface area contributed by atoms with Crippen molar-refractivity contribution in [1.82, 2.24) is 10.2 Å². The highest BCUT2D eigenvalue weighted by Gasteiger charge is 2.03. The molecule has 0 fully saturated rings. The zero-order chi connectivity index (χ0) is 21.8. The van der Waals surface area contributed by atoms with Crippen molar-refractivity contribution in [1.29, 1.82) is 5.41 Å². The van der Waals surface area contributed by atoms with Crippen LogP contribution in [0.15, 0.2) is 53.5 Å². The molecule has 0 aromatic heterocycles. The average Bonchev–Trinajstić information content (AvgIpc) is 2.68. The molecule has 2 aromatic carbocycles. The van der Waals surface area contributed by atoms with Crippen molar-refractivity contribution >= 4 is 29.6 Å². The molecular weight excluding hydrogens is 362 g/mol. The Labute approximate surface area is 173 Å². The summed E-state index contributed by atoms with van der Waals surface area (Å²) in [5.41, 5.74) is 18.8. The first kappa shape index (κ1) is 23.7. The number of nitrogens with zero attached hydrogens (tertiary/aromatic N) is 2. The fourth-order valence-electron chi connectivity index (χ4n) is 2.47. The maximum atomic E-state index is 7.04. The molecule has 0 saturated heterocycles. The molecule has 7 nitrogen and oxygen atoms in total. The smallest absolute Gasteiger partial charge is 0.144 e. The minimum absolute atomic E-state index is 0.0694. The fourth-order valence-corrected chi connectivity index (χ4v) is 2.47. The molecule has 156 valence electrons. The molecule has 0 aliphatic carbocycles. The van der Waals surface area contributed by atoms with Crippen molar-refractivity contribution in [2.75, 3.05) is 40.0 Å². The molecule has 0 spiro atoms. The second kappa shape index (κ2) is 12.2. The molecule has 0 aliphatic rings. The van der Waals surface area contributed by atoms with Crippen LogP contribution in [0.2, 0.25) is 0 Å². The van der Waals surface area contributed by atoms with Crippen molar-refractivity contribution < 1.29 is 0 Å².